The Morgan fingerprint density at radius 3 is 2.85 bits per heavy atom. The third-order valence-corrected chi connectivity index (χ3v) is 2.48. The molecule has 1 aromatic carbocycles. The highest BCUT2D eigenvalue weighted by atomic mass is 79.9. The molecule has 0 amide bonds. The van der Waals surface area contributed by atoms with Crippen LogP contribution >= 0.6 is 15.9 Å². The number of benzene rings is 1. The number of allylic oxidation sites excluding steroid dienone is 1. The van der Waals surface area contributed by atoms with Crippen LogP contribution in [0.5, 0.6) is 0 Å². The summed E-state index contributed by atoms with van der Waals surface area (Å²) in [5.41, 5.74) is 8.16. The minimum Gasteiger partial charge on any atom is -0.327 e. The van der Waals surface area contributed by atoms with Crippen LogP contribution in [-0.2, 0) is 6.42 Å². The van der Waals surface area contributed by atoms with Crippen LogP contribution in [0.25, 0.3) is 0 Å². The smallest absolute Gasteiger partial charge is 0.0178 e. The van der Waals surface area contributed by atoms with Crippen molar-refractivity contribution in [1.82, 2.24) is 0 Å². The van der Waals surface area contributed by atoms with E-state index in [0.29, 0.717) is 6.54 Å². The Hall–Kier alpha value is -0.600. The molecule has 0 fully saturated rings. The summed E-state index contributed by atoms with van der Waals surface area (Å²) in [4.78, 5) is 0. The predicted molar refractivity (Wildman–Crippen MR) is 60.7 cm³/mol. The third kappa shape index (κ3) is 3.33. The van der Waals surface area contributed by atoms with Gasteiger partial charge in [0.05, 0.1) is 0 Å². The fourth-order valence-electron chi connectivity index (χ4n) is 1.20. The Kier molecular flexibility index (Phi) is 4.19. The lowest BCUT2D eigenvalue weighted by atomic mass is 10.1. The lowest BCUT2D eigenvalue weighted by Crippen LogP contribution is -2.05. The Labute approximate surface area is 87.8 Å². The summed E-state index contributed by atoms with van der Waals surface area (Å²) in [5, 5.41) is 0. The number of hydrogen-bond acceptors (Lipinski definition) is 1. The molecule has 2 heteroatoms. The molecule has 0 saturated carbocycles. The second kappa shape index (κ2) is 5.20. The minimum absolute atomic E-state index is 0.642. The van der Waals surface area contributed by atoms with Crippen molar-refractivity contribution < 1.29 is 0 Å². The van der Waals surface area contributed by atoms with E-state index in [1.165, 1.54) is 11.1 Å². The zero-order valence-electron chi connectivity index (χ0n) is 7.76. The monoisotopic (exact) mass is 239 g/mol. The Morgan fingerprint density at radius 2 is 2.31 bits per heavy atom. The maximum atomic E-state index is 5.59. The van der Waals surface area contributed by atoms with Gasteiger partial charge in [0.15, 0.2) is 0 Å². The van der Waals surface area contributed by atoms with Gasteiger partial charge in [-0.05, 0) is 31.0 Å². The molecule has 0 aliphatic rings. The topological polar surface area (TPSA) is 26.0 Å². The van der Waals surface area contributed by atoms with Gasteiger partial charge in [-0.15, -0.1) is 0 Å². The molecule has 0 atom stereocenters. The number of rotatable bonds is 3. The summed E-state index contributed by atoms with van der Waals surface area (Å²) in [6.07, 6.45) is 3.04. The van der Waals surface area contributed by atoms with E-state index in [4.69, 9.17) is 5.73 Å². The first-order valence-corrected chi connectivity index (χ1v) is 5.14. The normalized spacial score (nSPS) is 11.8. The molecule has 1 aromatic rings. The molecule has 0 radical (unpaired) electrons. The number of nitrogens with two attached hydrogens (primary N) is 1. The third-order valence-electron chi connectivity index (χ3n) is 1.99. The largest absolute Gasteiger partial charge is 0.327 e. The molecular weight excluding hydrogens is 226 g/mol. The first kappa shape index (κ1) is 10.5. The van der Waals surface area contributed by atoms with Crippen LogP contribution < -0.4 is 5.73 Å². The lowest BCUT2D eigenvalue weighted by Gasteiger charge is -2.04. The van der Waals surface area contributed by atoms with Crippen molar-refractivity contribution in [1.29, 1.82) is 0 Å². The van der Waals surface area contributed by atoms with Crippen LogP contribution in [0.4, 0.5) is 0 Å². The van der Waals surface area contributed by atoms with Gasteiger partial charge in [0.1, 0.15) is 0 Å². The van der Waals surface area contributed by atoms with E-state index in [0.717, 1.165) is 10.9 Å². The first-order chi connectivity index (χ1) is 6.26. The summed E-state index contributed by atoms with van der Waals surface area (Å²) in [6.45, 7) is 2.67. The van der Waals surface area contributed by atoms with E-state index in [1.54, 1.807) is 0 Å². The van der Waals surface area contributed by atoms with Crippen molar-refractivity contribution in [2.75, 3.05) is 6.54 Å². The van der Waals surface area contributed by atoms with E-state index < -0.39 is 0 Å². The molecule has 1 nitrogen and oxygen atoms in total. The summed E-state index contributed by atoms with van der Waals surface area (Å²) in [5.74, 6) is 0. The Balaban J connectivity index is 2.74. The molecule has 0 unspecified atom stereocenters. The second-order valence-corrected chi connectivity index (χ2v) is 3.87. The van der Waals surface area contributed by atoms with Crippen LogP contribution in [0, 0.1) is 0 Å². The zero-order chi connectivity index (χ0) is 9.68. The maximum absolute atomic E-state index is 5.59. The van der Waals surface area contributed by atoms with E-state index in [1.807, 2.05) is 19.1 Å². The highest BCUT2D eigenvalue weighted by Gasteiger charge is 1.97. The minimum atomic E-state index is 0.642. The maximum Gasteiger partial charge on any atom is 0.0178 e. The van der Waals surface area contributed by atoms with E-state index in [2.05, 4.69) is 34.1 Å². The molecule has 2 N–H and O–H groups in total. The predicted octanol–water partition coefficient (Wildman–Crippen LogP) is 2.90. The average Bonchev–Trinajstić information content (AvgIpc) is 2.14. The highest BCUT2D eigenvalue weighted by Crippen LogP contribution is 2.14. The number of halogens is 1. The van der Waals surface area contributed by atoms with Crippen LogP contribution in [0.15, 0.2) is 40.4 Å². The van der Waals surface area contributed by atoms with Crippen LogP contribution in [0.3, 0.4) is 0 Å². The van der Waals surface area contributed by atoms with E-state index >= 15 is 0 Å². The molecule has 1 rings (SSSR count). The van der Waals surface area contributed by atoms with Gasteiger partial charge in [-0.25, -0.2) is 0 Å². The van der Waals surface area contributed by atoms with Gasteiger partial charge in [-0.1, -0.05) is 39.7 Å². The van der Waals surface area contributed by atoms with Crippen molar-refractivity contribution in [3.8, 4) is 0 Å². The van der Waals surface area contributed by atoms with Gasteiger partial charge in [0.2, 0.25) is 0 Å². The van der Waals surface area contributed by atoms with Crippen molar-refractivity contribution in [2.24, 2.45) is 5.73 Å². The van der Waals surface area contributed by atoms with Crippen LogP contribution in [-0.4, -0.2) is 6.54 Å². The molecule has 0 aliphatic heterocycles. The van der Waals surface area contributed by atoms with Crippen molar-refractivity contribution in [2.45, 2.75) is 13.3 Å². The molecule has 0 bridgehead atoms. The van der Waals surface area contributed by atoms with Crippen molar-refractivity contribution in [3.05, 3.63) is 46.0 Å². The van der Waals surface area contributed by atoms with Crippen LogP contribution in [0.2, 0.25) is 0 Å². The molecular formula is C11H14BrN. The van der Waals surface area contributed by atoms with Crippen molar-refractivity contribution >= 4 is 15.9 Å². The van der Waals surface area contributed by atoms with E-state index in [-0.39, 0.29) is 0 Å². The SMILES string of the molecule is C/C=C(\CN)Cc1cccc(Br)c1. The summed E-state index contributed by atoms with van der Waals surface area (Å²) in [6, 6.07) is 8.31. The quantitative estimate of drug-likeness (QED) is 0.807. The standard InChI is InChI=1S/C11H14BrN/c1-2-9(8-13)6-10-4-3-5-11(12)7-10/h2-5,7H,6,8,13H2,1H3/b9-2-. The highest BCUT2D eigenvalue weighted by molar-refractivity contribution is 9.10. The van der Waals surface area contributed by atoms with Gasteiger partial charge < -0.3 is 5.73 Å². The van der Waals surface area contributed by atoms with Gasteiger partial charge in [-0.2, -0.15) is 0 Å². The molecule has 0 aromatic heterocycles. The Bertz CT molecular complexity index is 305. The molecule has 13 heavy (non-hydrogen) atoms. The molecule has 70 valence electrons. The summed E-state index contributed by atoms with van der Waals surface area (Å²) in [7, 11) is 0. The summed E-state index contributed by atoms with van der Waals surface area (Å²) < 4.78 is 1.12. The van der Waals surface area contributed by atoms with E-state index in [9.17, 15) is 0 Å². The van der Waals surface area contributed by atoms with Gasteiger partial charge in [-0.3, -0.25) is 0 Å². The number of hydrogen-bond donors (Lipinski definition) is 1. The van der Waals surface area contributed by atoms with Gasteiger partial charge in [0, 0.05) is 11.0 Å². The second-order valence-electron chi connectivity index (χ2n) is 2.96. The first-order valence-electron chi connectivity index (χ1n) is 4.35. The van der Waals surface area contributed by atoms with Gasteiger partial charge in [0.25, 0.3) is 0 Å². The molecule has 0 heterocycles. The fourth-order valence-corrected chi connectivity index (χ4v) is 1.65. The Morgan fingerprint density at radius 1 is 1.54 bits per heavy atom. The van der Waals surface area contributed by atoms with Crippen LogP contribution in [0.1, 0.15) is 12.5 Å². The zero-order valence-corrected chi connectivity index (χ0v) is 9.34. The van der Waals surface area contributed by atoms with Crippen molar-refractivity contribution in [3.63, 3.8) is 0 Å². The average molecular weight is 240 g/mol. The molecule has 0 saturated heterocycles. The summed E-state index contributed by atoms with van der Waals surface area (Å²) >= 11 is 3.45. The molecule has 0 aliphatic carbocycles. The molecule has 0 spiro atoms. The van der Waals surface area contributed by atoms with Gasteiger partial charge >= 0.3 is 0 Å². The fraction of sp³-hybridized carbons (Fsp3) is 0.273. The lowest BCUT2D eigenvalue weighted by molar-refractivity contribution is 1.03.